The molecule has 0 aliphatic heterocycles. The van der Waals surface area contributed by atoms with Crippen molar-refractivity contribution < 1.29 is 13.5 Å². The Morgan fingerprint density at radius 1 is 1.33 bits per heavy atom. The Morgan fingerprint density at radius 2 is 2.05 bits per heavy atom. The molecule has 0 bridgehead atoms. The van der Waals surface area contributed by atoms with Crippen LogP contribution in [-0.2, 0) is 4.74 Å². The number of hydrogen-bond acceptors (Lipinski definition) is 3. The third-order valence-corrected chi connectivity index (χ3v) is 4.90. The van der Waals surface area contributed by atoms with E-state index in [9.17, 15) is 4.39 Å². The average Bonchev–Trinajstić information content (AvgIpc) is 2.90. The van der Waals surface area contributed by atoms with Crippen molar-refractivity contribution in [1.29, 1.82) is 0 Å². The van der Waals surface area contributed by atoms with Gasteiger partial charge in [-0.15, -0.1) is 0 Å². The zero-order valence-electron chi connectivity index (χ0n) is 12.6. The van der Waals surface area contributed by atoms with Crippen LogP contribution in [0.5, 0.6) is 0 Å². The second kappa shape index (κ2) is 5.43. The van der Waals surface area contributed by atoms with Gasteiger partial charge >= 0.3 is 0 Å². The first kappa shape index (κ1) is 14.5. The lowest BCUT2D eigenvalue weighted by Crippen LogP contribution is -2.45. The summed E-state index contributed by atoms with van der Waals surface area (Å²) >= 11 is 0. The minimum atomic E-state index is -0.376. The highest BCUT2D eigenvalue weighted by molar-refractivity contribution is 5.78. The first-order chi connectivity index (χ1) is 10.0. The summed E-state index contributed by atoms with van der Waals surface area (Å²) in [4.78, 5) is 0. The van der Waals surface area contributed by atoms with Crippen molar-refractivity contribution in [2.75, 3.05) is 7.11 Å². The van der Waals surface area contributed by atoms with E-state index < -0.39 is 0 Å². The highest BCUT2D eigenvalue weighted by atomic mass is 19.1. The Morgan fingerprint density at radius 3 is 2.71 bits per heavy atom. The molecule has 1 aliphatic rings. The minimum Gasteiger partial charge on any atom is -0.459 e. The molecule has 114 valence electrons. The first-order valence-corrected chi connectivity index (χ1v) is 7.54. The van der Waals surface area contributed by atoms with Crippen LogP contribution in [0.1, 0.15) is 44.4 Å². The molecule has 1 heterocycles. The van der Waals surface area contributed by atoms with E-state index in [0.717, 1.165) is 31.1 Å². The fourth-order valence-electron chi connectivity index (χ4n) is 3.34. The number of fused-ring (bicyclic) bond motifs is 1. The molecule has 0 radical (unpaired) electrons. The van der Waals surface area contributed by atoms with Gasteiger partial charge in [0.15, 0.2) is 0 Å². The highest BCUT2D eigenvalue weighted by Gasteiger charge is 2.42. The second-order valence-electron chi connectivity index (χ2n) is 6.26. The topological polar surface area (TPSA) is 48.4 Å². The molecule has 21 heavy (non-hydrogen) atoms. The van der Waals surface area contributed by atoms with Crippen molar-refractivity contribution in [2.45, 2.75) is 44.2 Å². The maximum Gasteiger partial charge on any atom is 0.134 e. The van der Waals surface area contributed by atoms with Gasteiger partial charge in [0.05, 0.1) is 11.6 Å². The lowest BCUT2D eigenvalue weighted by atomic mass is 9.75. The summed E-state index contributed by atoms with van der Waals surface area (Å²) < 4.78 is 24.9. The van der Waals surface area contributed by atoms with E-state index in [-0.39, 0.29) is 17.5 Å². The van der Waals surface area contributed by atoms with Gasteiger partial charge in [-0.25, -0.2) is 4.39 Å². The van der Waals surface area contributed by atoms with Crippen molar-refractivity contribution in [3.63, 3.8) is 0 Å². The van der Waals surface area contributed by atoms with Gasteiger partial charge in [0.2, 0.25) is 0 Å². The van der Waals surface area contributed by atoms with Crippen molar-refractivity contribution in [3.8, 4) is 0 Å². The Labute approximate surface area is 124 Å². The Kier molecular flexibility index (Phi) is 3.76. The fraction of sp³-hybridized carbons (Fsp3) is 0.529. The molecule has 0 amide bonds. The minimum absolute atomic E-state index is 0.267. The van der Waals surface area contributed by atoms with E-state index >= 15 is 0 Å². The summed E-state index contributed by atoms with van der Waals surface area (Å²) in [5.41, 5.74) is 6.74. The van der Waals surface area contributed by atoms with Crippen molar-refractivity contribution in [2.24, 2.45) is 11.7 Å². The summed E-state index contributed by atoms with van der Waals surface area (Å²) in [5.74, 6) is 1.12. The molecule has 1 aromatic carbocycles. The Bertz CT molecular complexity index is 629. The molecule has 2 aromatic rings. The molecule has 3 rings (SSSR count). The van der Waals surface area contributed by atoms with Crippen LogP contribution >= 0.6 is 0 Å². The number of hydrogen-bond donors (Lipinski definition) is 1. The summed E-state index contributed by atoms with van der Waals surface area (Å²) in [5, 5.41) is 0.746. The van der Waals surface area contributed by atoms with Gasteiger partial charge in [0, 0.05) is 12.5 Å². The number of benzene rings is 1. The van der Waals surface area contributed by atoms with Gasteiger partial charge in [-0.1, -0.05) is 6.92 Å². The van der Waals surface area contributed by atoms with E-state index in [4.69, 9.17) is 14.9 Å². The Hall–Kier alpha value is -1.39. The number of ether oxygens (including phenoxy) is 1. The standard InChI is InChI=1S/C17H22FNO2/c1-11-5-7-17(20-2,8-6-11)16(19)15-10-12-9-13(18)3-4-14(12)21-15/h3-4,9-11,16H,5-8,19H2,1-2H3. The van der Waals surface area contributed by atoms with E-state index in [1.807, 2.05) is 6.07 Å². The molecular formula is C17H22FNO2. The SMILES string of the molecule is COC1(C(N)c2cc3cc(F)ccc3o2)CCC(C)CC1. The van der Waals surface area contributed by atoms with Crippen molar-refractivity contribution in [1.82, 2.24) is 0 Å². The largest absolute Gasteiger partial charge is 0.459 e. The van der Waals surface area contributed by atoms with Gasteiger partial charge in [0.25, 0.3) is 0 Å². The van der Waals surface area contributed by atoms with Crippen molar-refractivity contribution in [3.05, 3.63) is 35.8 Å². The van der Waals surface area contributed by atoms with Crippen LogP contribution < -0.4 is 5.73 Å². The molecule has 1 atom stereocenters. The van der Waals surface area contributed by atoms with Gasteiger partial charge in [-0.3, -0.25) is 0 Å². The number of methoxy groups -OCH3 is 1. The second-order valence-corrected chi connectivity index (χ2v) is 6.26. The molecule has 1 aromatic heterocycles. The van der Waals surface area contributed by atoms with Crippen LogP contribution in [0, 0.1) is 11.7 Å². The third-order valence-electron chi connectivity index (χ3n) is 4.90. The van der Waals surface area contributed by atoms with Crippen molar-refractivity contribution >= 4 is 11.0 Å². The van der Waals surface area contributed by atoms with E-state index in [1.54, 1.807) is 13.2 Å². The molecule has 3 nitrogen and oxygen atoms in total. The number of rotatable bonds is 3. The molecule has 0 spiro atoms. The lowest BCUT2D eigenvalue weighted by molar-refractivity contribution is -0.0709. The molecule has 2 N–H and O–H groups in total. The summed E-state index contributed by atoms with van der Waals surface area (Å²) in [7, 11) is 1.72. The summed E-state index contributed by atoms with van der Waals surface area (Å²) in [6.07, 6.45) is 4.07. The third kappa shape index (κ3) is 2.58. The van der Waals surface area contributed by atoms with E-state index in [0.29, 0.717) is 17.3 Å². The van der Waals surface area contributed by atoms with E-state index in [1.165, 1.54) is 12.1 Å². The molecule has 0 saturated heterocycles. The predicted octanol–water partition coefficient (Wildman–Crippen LogP) is 4.17. The number of nitrogens with two attached hydrogens (primary N) is 1. The van der Waals surface area contributed by atoms with Gasteiger partial charge in [-0.2, -0.15) is 0 Å². The molecule has 1 aliphatic carbocycles. The molecule has 1 unspecified atom stereocenters. The zero-order valence-corrected chi connectivity index (χ0v) is 12.6. The van der Waals surface area contributed by atoms with Gasteiger partial charge in [0.1, 0.15) is 17.2 Å². The zero-order chi connectivity index (χ0) is 15.0. The highest BCUT2D eigenvalue weighted by Crippen LogP contribution is 2.42. The van der Waals surface area contributed by atoms with Crippen LogP contribution in [0.2, 0.25) is 0 Å². The predicted molar refractivity (Wildman–Crippen MR) is 80.5 cm³/mol. The van der Waals surface area contributed by atoms with Crippen LogP contribution in [-0.4, -0.2) is 12.7 Å². The van der Waals surface area contributed by atoms with Crippen LogP contribution in [0.15, 0.2) is 28.7 Å². The molecule has 1 saturated carbocycles. The smallest absolute Gasteiger partial charge is 0.134 e. The van der Waals surface area contributed by atoms with Crippen LogP contribution in [0.3, 0.4) is 0 Å². The quantitative estimate of drug-likeness (QED) is 0.923. The number of furan rings is 1. The van der Waals surface area contributed by atoms with Crippen LogP contribution in [0.25, 0.3) is 11.0 Å². The molecule has 1 fully saturated rings. The summed E-state index contributed by atoms with van der Waals surface area (Å²) in [6, 6.07) is 6.02. The summed E-state index contributed by atoms with van der Waals surface area (Å²) in [6.45, 7) is 2.26. The number of halogens is 1. The average molecular weight is 291 g/mol. The normalized spacial score (nSPS) is 27.9. The maximum absolute atomic E-state index is 13.3. The first-order valence-electron chi connectivity index (χ1n) is 7.54. The maximum atomic E-state index is 13.3. The monoisotopic (exact) mass is 291 g/mol. The fourth-order valence-corrected chi connectivity index (χ4v) is 3.34. The van der Waals surface area contributed by atoms with E-state index in [2.05, 4.69) is 6.92 Å². The lowest BCUT2D eigenvalue weighted by Gasteiger charge is -2.41. The Balaban J connectivity index is 1.92. The molecular weight excluding hydrogens is 269 g/mol. The van der Waals surface area contributed by atoms with Gasteiger partial charge in [-0.05, 0) is 55.9 Å². The van der Waals surface area contributed by atoms with Gasteiger partial charge < -0.3 is 14.9 Å². The van der Waals surface area contributed by atoms with Crippen LogP contribution in [0.4, 0.5) is 4.39 Å². The molecule has 4 heteroatoms.